The van der Waals surface area contributed by atoms with E-state index in [0.29, 0.717) is 11.5 Å². The molecule has 0 saturated carbocycles. The number of furan rings is 1. The minimum atomic E-state index is 0.687. The third-order valence-electron chi connectivity index (χ3n) is 16.2. The van der Waals surface area contributed by atoms with Crippen molar-refractivity contribution in [2.45, 2.75) is 0 Å². The summed E-state index contributed by atoms with van der Waals surface area (Å²) in [7, 11) is 0. The summed E-state index contributed by atoms with van der Waals surface area (Å²) in [6.07, 6.45) is 5.80. The number of hydrogen-bond donors (Lipinski definition) is 0. The summed E-state index contributed by atoms with van der Waals surface area (Å²) in [6, 6.07) is 105. The van der Waals surface area contributed by atoms with Crippen molar-refractivity contribution in [2.24, 2.45) is 0 Å². The quantitative estimate of drug-likeness (QED) is 0.0958. The van der Waals surface area contributed by atoms with Crippen molar-refractivity contribution in [2.75, 3.05) is 0 Å². The Bertz CT molecular complexity index is 4900. The Kier molecular flexibility index (Phi) is 11.8. The molecule has 0 atom stereocenters. The molecule has 4 heterocycles. The molecule has 6 heteroatoms. The van der Waals surface area contributed by atoms with E-state index in [1.165, 1.54) is 0 Å². The molecule has 6 nitrogen and oxygen atoms in total. The van der Waals surface area contributed by atoms with E-state index >= 15 is 0 Å². The first-order chi connectivity index (χ1) is 41.6. The largest absolute Gasteiger partial charge is 0.458 e. The van der Waals surface area contributed by atoms with Crippen LogP contribution in [0, 0.1) is 6.33 Å². The Morgan fingerprint density at radius 3 is 1.48 bits per heavy atom. The normalized spacial score (nSPS) is 11.6. The average Bonchev–Trinajstić information content (AvgIpc) is 2.25. The summed E-state index contributed by atoms with van der Waals surface area (Å²) in [5.41, 5.74) is 21.0. The van der Waals surface area contributed by atoms with Gasteiger partial charge in [-0.3, -0.25) is 13.7 Å². The van der Waals surface area contributed by atoms with Gasteiger partial charge in [-0.05, 0) is 152 Å². The first-order valence-corrected chi connectivity index (χ1v) is 28.3. The molecule has 0 aliphatic carbocycles. The minimum Gasteiger partial charge on any atom is -0.458 e. The molecule has 394 valence electrons. The molecule has 0 fully saturated rings. The summed E-state index contributed by atoms with van der Waals surface area (Å²) in [6.45, 7) is 0. The molecular weight excluding hydrogens is 1020 g/mol. The third kappa shape index (κ3) is 8.52. The van der Waals surface area contributed by atoms with Crippen LogP contribution in [0.4, 0.5) is 0 Å². The lowest BCUT2D eigenvalue weighted by Gasteiger charge is -2.20. The maximum absolute atomic E-state index is 6.94. The van der Waals surface area contributed by atoms with Crippen LogP contribution in [0.5, 0.6) is 11.5 Å². The van der Waals surface area contributed by atoms with E-state index in [4.69, 9.17) is 14.1 Å². The molecule has 0 bridgehead atoms. The molecular formula is C78H50N4O2. The number of pyridine rings is 1. The van der Waals surface area contributed by atoms with Crippen LogP contribution in [-0.2, 0) is 0 Å². The van der Waals surface area contributed by atoms with Crippen LogP contribution in [0.3, 0.4) is 0 Å². The zero-order valence-corrected chi connectivity index (χ0v) is 45.5. The lowest BCUT2D eigenvalue weighted by molar-refractivity contribution is -0.571. The highest BCUT2D eigenvalue weighted by Crippen LogP contribution is 2.43. The lowest BCUT2D eigenvalue weighted by atomic mass is 9.89. The van der Waals surface area contributed by atoms with Crippen LogP contribution in [0.2, 0.25) is 0 Å². The third-order valence-corrected chi connectivity index (χ3v) is 16.2. The summed E-state index contributed by atoms with van der Waals surface area (Å²) in [5.74, 6) is 2.19. The number of hydrogen-bond acceptors (Lipinski definition) is 3. The Labute approximate surface area is 485 Å². The second-order valence-electron chi connectivity index (χ2n) is 21.3. The van der Waals surface area contributed by atoms with E-state index in [-0.39, 0.29) is 0 Å². The Hall–Kier alpha value is -11.3. The van der Waals surface area contributed by atoms with Crippen molar-refractivity contribution in [1.29, 1.82) is 0 Å². The van der Waals surface area contributed by atoms with Crippen molar-refractivity contribution in [3.05, 3.63) is 310 Å². The van der Waals surface area contributed by atoms with Crippen LogP contribution in [-0.4, -0.2) is 14.1 Å². The molecule has 0 aliphatic heterocycles. The van der Waals surface area contributed by atoms with E-state index in [2.05, 4.69) is 287 Å². The van der Waals surface area contributed by atoms with Crippen LogP contribution < -0.4 is 9.30 Å². The Balaban J connectivity index is 0.875. The molecule has 4 aromatic heterocycles. The van der Waals surface area contributed by atoms with Crippen LogP contribution in [0.25, 0.3) is 139 Å². The highest BCUT2D eigenvalue weighted by atomic mass is 16.5. The molecule has 0 aliphatic rings. The van der Waals surface area contributed by atoms with E-state index in [1.807, 2.05) is 36.5 Å². The van der Waals surface area contributed by atoms with Crippen LogP contribution in [0.1, 0.15) is 0 Å². The highest BCUT2D eigenvalue weighted by Gasteiger charge is 2.24. The number of para-hydroxylation sites is 5. The fourth-order valence-electron chi connectivity index (χ4n) is 12.3. The fourth-order valence-corrected chi connectivity index (χ4v) is 12.3. The SMILES string of the molecule is [c-]1n(-c2cccc(Oc3ccc4c5ccccc5n(-c5nccc6oc7ccccc7c56)c4c3)c2)c2ccccc2[n+]1-c1c(-c2cc(-c3ccccc3)cc(-c3ccccc3)c2)cccc1-c1cc(-c2ccccc2)cc(-c2ccccc2)c1. The maximum atomic E-state index is 6.94. The maximum Gasteiger partial charge on any atom is 0.269 e. The second-order valence-corrected chi connectivity index (χ2v) is 21.3. The molecule has 0 radical (unpaired) electrons. The van der Waals surface area contributed by atoms with Gasteiger partial charge in [0.05, 0.1) is 38.8 Å². The molecule has 0 N–H and O–H groups in total. The predicted molar refractivity (Wildman–Crippen MR) is 342 cm³/mol. The number of rotatable bonds is 11. The van der Waals surface area contributed by atoms with Crippen molar-refractivity contribution in [3.63, 3.8) is 0 Å². The number of imidazole rings is 1. The van der Waals surface area contributed by atoms with Gasteiger partial charge in [0.25, 0.3) is 6.33 Å². The van der Waals surface area contributed by atoms with Gasteiger partial charge in [-0.15, -0.1) is 0 Å². The topological polar surface area (TPSA) is 49.0 Å². The van der Waals surface area contributed by atoms with Gasteiger partial charge in [-0.25, -0.2) is 4.98 Å². The number of nitrogens with zero attached hydrogens (tertiary/aromatic N) is 4. The standard InChI is InChI=1S/C78H50N4O2/c1-5-21-52(22-6-1)56-43-57(53-23-7-2-8-24-53)46-60(45-56)65-33-20-34-66(61-47-58(54-25-9-3-10-26-54)44-59(48-61)55-27-11-4-12-28-55)77(65)81-51-80(71-36-16-17-37-72(71)81)62-29-19-30-63(49-62)83-64-39-40-68-67-31-13-15-35-70(67)82(73(68)50-64)78-76-69-32-14-18-38-74(69)84-75(76)41-42-79-78/h1-50H. The zero-order valence-electron chi connectivity index (χ0n) is 45.5. The molecule has 0 unspecified atom stereocenters. The second kappa shape index (κ2) is 20.3. The van der Waals surface area contributed by atoms with Crippen molar-refractivity contribution < 1.29 is 13.7 Å². The molecule has 0 amide bonds. The lowest BCUT2D eigenvalue weighted by Crippen LogP contribution is -2.31. The van der Waals surface area contributed by atoms with Crippen LogP contribution in [0.15, 0.2) is 308 Å². The Morgan fingerprint density at radius 1 is 0.357 bits per heavy atom. The van der Waals surface area contributed by atoms with E-state index < -0.39 is 0 Å². The average molecular weight is 1080 g/mol. The van der Waals surface area contributed by atoms with Gasteiger partial charge in [0.15, 0.2) is 0 Å². The molecule has 0 spiro atoms. The van der Waals surface area contributed by atoms with Gasteiger partial charge < -0.3 is 9.15 Å². The molecule has 84 heavy (non-hydrogen) atoms. The van der Waals surface area contributed by atoms with Crippen molar-refractivity contribution >= 4 is 54.8 Å². The van der Waals surface area contributed by atoms with E-state index in [1.54, 1.807) is 0 Å². The van der Waals surface area contributed by atoms with E-state index in [9.17, 15) is 0 Å². The van der Waals surface area contributed by atoms with Gasteiger partial charge >= 0.3 is 0 Å². The van der Waals surface area contributed by atoms with Crippen molar-refractivity contribution in [3.8, 4) is 95.5 Å². The monoisotopic (exact) mass is 1070 g/mol. The van der Waals surface area contributed by atoms with Crippen molar-refractivity contribution in [1.82, 2.24) is 14.1 Å². The molecule has 16 aromatic rings. The van der Waals surface area contributed by atoms with Crippen LogP contribution >= 0.6 is 0 Å². The molecule has 0 saturated heterocycles. The number of aromatic nitrogens is 4. The zero-order chi connectivity index (χ0) is 55.5. The fraction of sp³-hybridized carbons (Fsp3) is 0. The summed E-state index contributed by atoms with van der Waals surface area (Å²) < 4.78 is 20.0. The van der Waals surface area contributed by atoms with Gasteiger partial charge in [0.2, 0.25) is 0 Å². The minimum absolute atomic E-state index is 0.687. The van der Waals surface area contributed by atoms with Gasteiger partial charge in [-0.1, -0.05) is 206 Å². The molecule has 16 rings (SSSR count). The van der Waals surface area contributed by atoms with E-state index in [0.717, 1.165) is 139 Å². The van der Waals surface area contributed by atoms with Gasteiger partial charge in [0, 0.05) is 28.4 Å². The summed E-state index contributed by atoms with van der Waals surface area (Å²) in [4.78, 5) is 5.04. The predicted octanol–water partition coefficient (Wildman–Crippen LogP) is 19.9. The smallest absolute Gasteiger partial charge is 0.269 e. The number of benzene rings is 12. The first kappa shape index (κ1) is 48.6. The van der Waals surface area contributed by atoms with Gasteiger partial charge in [0.1, 0.15) is 28.5 Å². The number of fused-ring (bicyclic) bond motifs is 7. The first-order valence-electron chi connectivity index (χ1n) is 28.3. The Morgan fingerprint density at radius 2 is 0.857 bits per heavy atom. The summed E-state index contributed by atoms with van der Waals surface area (Å²) in [5, 5.41) is 4.21. The van der Waals surface area contributed by atoms with Gasteiger partial charge in [-0.2, -0.15) is 0 Å². The summed E-state index contributed by atoms with van der Waals surface area (Å²) >= 11 is 0. The highest BCUT2D eigenvalue weighted by molar-refractivity contribution is 6.14. The number of ether oxygens (including phenoxy) is 1. The molecule has 12 aromatic carbocycles.